The molecule has 0 fully saturated rings. The highest BCUT2D eigenvalue weighted by atomic mass is 16.5. The largest absolute Gasteiger partial charge is 0.482 e. The van der Waals surface area contributed by atoms with E-state index in [0.29, 0.717) is 29.1 Å². The van der Waals surface area contributed by atoms with E-state index in [4.69, 9.17) is 10.00 Å². The normalized spacial score (nSPS) is 9.56. The van der Waals surface area contributed by atoms with Crippen LogP contribution in [-0.4, -0.2) is 25.0 Å². The Bertz CT molecular complexity index is 825. The summed E-state index contributed by atoms with van der Waals surface area (Å²) in [5, 5.41) is 14.3. The maximum atomic E-state index is 12.1. The van der Waals surface area contributed by atoms with Crippen LogP contribution in [0.25, 0.3) is 0 Å². The monoisotopic (exact) mass is 335 g/mol. The Labute approximate surface area is 145 Å². The summed E-state index contributed by atoms with van der Waals surface area (Å²) in [5.74, 6) is -0.416. The summed E-state index contributed by atoms with van der Waals surface area (Å²) in [6, 6.07) is 15.3. The second kappa shape index (κ2) is 8.89. The van der Waals surface area contributed by atoms with Crippen molar-refractivity contribution in [2.24, 2.45) is 0 Å². The Morgan fingerprint density at radius 1 is 1.16 bits per heavy atom. The molecular weight excluding hydrogens is 318 g/mol. The van der Waals surface area contributed by atoms with E-state index < -0.39 is 5.91 Å². The number of ether oxygens (including phenoxy) is 1. The predicted molar refractivity (Wildman–Crippen MR) is 94.3 cm³/mol. The van der Waals surface area contributed by atoms with E-state index in [1.165, 1.54) is 0 Å². The van der Waals surface area contributed by atoms with Gasteiger partial charge in [-0.15, -0.1) is 6.58 Å². The van der Waals surface area contributed by atoms with Crippen molar-refractivity contribution in [1.29, 1.82) is 5.26 Å². The van der Waals surface area contributed by atoms with Gasteiger partial charge < -0.3 is 15.4 Å². The number of para-hydroxylation sites is 2. The van der Waals surface area contributed by atoms with E-state index >= 15 is 0 Å². The molecule has 126 valence electrons. The molecule has 2 rings (SSSR count). The van der Waals surface area contributed by atoms with Gasteiger partial charge in [0.1, 0.15) is 11.8 Å². The van der Waals surface area contributed by atoms with Gasteiger partial charge in [0.25, 0.3) is 11.8 Å². The molecule has 0 aliphatic heterocycles. The van der Waals surface area contributed by atoms with E-state index in [2.05, 4.69) is 17.2 Å². The summed E-state index contributed by atoms with van der Waals surface area (Å²) >= 11 is 0. The van der Waals surface area contributed by atoms with Gasteiger partial charge in [0.15, 0.2) is 6.61 Å². The first kappa shape index (κ1) is 17.8. The lowest BCUT2D eigenvalue weighted by atomic mass is 10.1. The minimum Gasteiger partial charge on any atom is -0.482 e. The van der Waals surface area contributed by atoms with Gasteiger partial charge in [0.2, 0.25) is 0 Å². The summed E-state index contributed by atoms with van der Waals surface area (Å²) in [4.78, 5) is 24.2. The minimum absolute atomic E-state index is 0.276. The Kier molecular flexibility index (Phi) is 6.32. The number of carbonyl (C=O) groups is 2. The molecule has 0 aliphatic rings. The molecule has 25 heavy (non-hydrogen) atoms. The lowest BCUT2D eigenvalue weighted by Crippen LogP contribution is -2.26. The van der Waals surface area contributed by atoms with Crippen molar-refractivity contribution in [2.75, 3.05) is 18.5 Å². The molecule has 0 aliphatic carbocycles. The summed E-state index contributed by atoms with van der Waals surface area (Å²) in [6.07, 6.45) is 1.57. The van der Waals surface area contributed by atoms with Crippen molar-refractivity contribution in [1.82, 2.24) is 5.32 Å². The third-order valence-corrected chi connectivity index (χ3v) is 3.22. The molecule has 0 heterocycles. The summed E-state index contributed by atoms with van der Waals surface area (Å²) in [5.41, 5.74) is 1.07. The van der Waals surface area contributed by atoms with Crippen molar-refractivity contribution in [3.63, 3.8) is 0 Å². The van der Waals surface area contributed by atoms with Gasteiger partial charge in [-0.1, -0.05) is 30.3 Å². The Morgan fingerprint density at radius 2 is 1.88 bits per heavy atom. The van der Waals surface area contributed by atoms with Gasteiger partial charge in [-0.05, 0) is 24.3 Å². The van der Waals surface area contributed by atoms with Crippen LogP contribution in [0.4, 0.5) is 5.69 Å². The van der Waals surface area contributed by atoms with E-state index in [-0.39, 0.29) is 12.5 Å². The number of anilines is 1. The average Bonchev–Trinajstić information content (AvgIpc) is 2.65. The van der Waals surface area contributed by atoms with Crippen molar-refractivity contribution in [3.05, 3.63) is 72.3 Å². The van der Waals surface area contributed by atoms with Crippen LogP contribution >= 0.6 is 0 Å². The molecule has 2 aromatic carbocycles. The Morgan fingerprint density at radius 3 is 2.64 bits per heavy atom. The molecule has 2 N–H and O–H groups in total. The summed E-state index contributed by atoms with van der Waals surface area (Å²) in [6.45, 7) is 3.59. The summed E-state index contributed by atoms with van der Waals surface area (Å²) in [7, 11) is 0. The molecule has 0 bridgehead atoms. The molecule has 0 spiro atoms. The minimum atomic E-state index is -0.434. The molecule has 0 radical (unpaired) electrons. The first-order valence-corrected chi connectivity index (χ1v) is 7.55. The highest BCUT2D eigenvalue weighted by Crippen LogP contribution is 2.17. The Balaban J connectivity index is 2.02. The first-order valence-electron chi connectivity index (χ1n) is 7.55. The van der Waals surface area contributed by atoms with Crippen LogP contribution in [0.2, 0.25) is 0 Å². The van der Waals surface area contributed by atoms with Crippen LogP contribution in [0.3, 0.4) is 0 Å². The van der Waals surface area contributed by atoms with E-state index in [9.17, 15) is 9.59 Å². The number of nitrogens with one attached hydrogen (secondary N) is 2. The first-order chi connectivity index (χ1) is 12.2. The predicted octanol–water partition coefficient (Wildman–Crippen LogP) is 2.49. The quantitative estimate of drug-likeness (QED) is 0.761. The van der Waals surface area contributed by atoms with Crippen molar-refractivity contribution < 1.29 is 14.3 Å². The third-order valence-electron chi connectivity index (χ3n) is 3.22. The maximum Gasteiger partial charge on any atom is 0.262 e. The lowest BCUT2D eigenvalue weighted by molar-refractivity contribution is -0.118. The van der Waals surface area contributed by atoms with Gasteiger partial charge >= 0.3 is 0 Å². The van der Waals surface area contributed by atoms with Crippen LogP contribution < -0.4 is 15.4 Å². The molecule has 0 saturated heterocycles. The molecule has 2 amide bonds. The van der Waals surface area contributed by atoms with Crippen molar-refractivity contribution in [2.45, 2.75) is 0 Å². The molecule has 0 aromatic heterocycles. The molecule has 2 aromatic rings. The van der Waals surface area contributed by atoms with Crippen LogP contribution in [-0.2, 0) is 4.79 Å². The van der Waals surface area contributed by atoms with Crippen LogP contribution in [0.15, 0.2) is 61.2 Å². The average molecular weight is 335 g/mol. The van der Waals surface area contributed by atoms with Gasteiger partial charge in [-0.25, -0.2) is 0 Å². The maximum absolute atomic E-state index is 12.1. The number of nitriles is 1. The van der Waals surface area contributed by atoms with Crippen molar-refractivity contribution >= 4 is 17.5 Å². The lowest BCUT2D eigenvalue weighted by Gasteiger charge is -2.12. The van der Waals surface area contributed by atoms with Gasteiger partial charge in [-0.2, -0.15) is 5.26 Å². The number of benzene rings is 2. The topological polar surface area (TPSA) is 91.2 Å². The van der Waals surface area contributed by atoms with Crippen LogP contribution in [0, 0.1) is 11.3 Å². The second-order valence-corrected chi connectivity index (χ2v) is 4.99. The number of rotatable bonds is 7. The molecule has 0 atom stereocenters. The molecule has 0 saturated carbocycles. The fraction of sp³-hybridized carbons (Fsp3) is 0.105. The SMILES string of the molecule is C=CCNC(=O)c1ccccc1NC(=O)COc1ccccc1C#N. The zero-order valence-corrected chi connectivity index (χ0v) is 13.5. The van der Waals surface area contributed by atoms with Crippen molar-refractivity contribution in [3.8, 4) is 11.8 Å². The second-order valence-electron chi connectivity index (χ2n) is 4.99. The van der Waals surface area contributed by atoms with E-state index in [1.807, 2.05) is 6.07 Å². The zero-order chi connectivity index (χ0) is 18.1. The van der Waals surface area contributed by atoms with Gasteiger partial charge in [0, 0.05) is 6.54 Å². The number of hydrogen-bond acceptors (Lipinski definition) is 4. The summed E-state index contributed by atoms with van der Waals surface area (Å²) < 4.78 is 5.38. The van der Waals surface area contributed by atoms with E-state index in [1.54, 1.807) is 54.6 Å². The zero-order valence-electron chi connectivity index (χ0n) is 13.5. The smallest absolute Gasteiger partial charge is 0.262 e. The van der Waals surface area contributed by atoms with Gasteiger partial charge in [0.05, 0.1) is 16.8 Å². The van der Waals surface area contributed by atoms with Crippen LogP contribution in [0.1, 0.15) is 15.9 Å². The fourth-order valence-electron chi connectivity index (χ4n) is 2.06. The number of amides is 2. The highest BCUT2D eigenvalue weighted by molar-refractivity contribution is 6.04. The van der Waals surface area contributed by atoms with Crippen LogP contribution in [0.5, 0.6) is 5.75 Å². The standard InChI is InChI=1S/C19H17N3O3/c1-2-11-21-19(24)15-8-4-5-9-16(15)22-18(23)13-25-17-10-6-3-7-14(17)12-20/h2-10H,1,11,13H2,(H,21,24)(H,22,23). The fourth-order valence-corrected chi connectivity index (χ4v) is 2.06. The number of nitrogens with zero attached hydrogens (tertiary/aromatic N) is 1. The highest BCUT2D eigenvalue weighted by Gasteiger charge is 2.13. The molecule has 6 nitrogen and oxygen atoms in total. The number of carbonyl (C=O) groups excluding carboxylic acids is 2. The van der Waals surface area contributed by atoms with E-state index in [0.717, 1.165) is 0 Å². The molecule has 0 unspecified atom stereocenters. The molecule has 6 heteroatoms. The third kappa shape index (κ3) is 4.94. The Hall–Kier alpha value is -3.59. The van der Waals surface area contributed by atoms with Gasteiger partial charge in [-0.3, -0.25) is 9.59 Å². The number of hydrogen-bond donors (Lipinski definition) is 2. The molecular formula is C19H17N3O3.